The molecule has 1 N–H and O–H groups in total. The molecule has 1 aliphatic heterocycles. The molecule has 9 heteroatoms. The van der Waals surface area contributed by atoms with E-state index in [0.717, 1.165) is 5.56 Å². The Labute approximate surface area is 183 Å². The molecule has 150 valence electrons. The topological polar surface area (TPSA) is 73.2 Å². The summed E-state index contributed by atoms with van der Waals surface area (Å²) in [6.45, 7) is 2.16. The van der Waals surface area contributed by atoms with Crippen LogP contribution in [0.2, 0.25) is 10.0 Å². The van der Waals surface area contributed by atoms with Crippen LogP contribution in [0.4, 0.5) is 5.69 Å². The van der Waals surface area contributed by atoms with E-state index in [4.69, 9.17) is 45.1 Å². The third kappa shape index (κ3) is 4.01. The predicted molar refractivity (Wildman–Crippen MR) is 112 cm³/mol. The third-order valence-corrected chi connectivity index (χ3v) is 5.57. The van der Waals surface area contributed by atoms with Gasteiger partial charge in [0.2, 0.25) is 11.5 Å². The van der Waals surface area contributed by atoms with E-state index in [1.165, 1.54) is 0 Å². The van der Waals surface area contributed by atoms with Crippen LogP contribution in [-0.2, 0) is 34.1 Å². The highest BCUT2D eigenvalue weighted by molar-refractivity contribution is 7.44. The maximum absolute atomic E-state index is 11.9. The van der Waals surface area contributed by atoms with Crippen molar-refractivity contribution >= 4 is 41.3 Å². The molecule has 0 saturated carbocycles. The molecule has 2 aromatic carbocycles. The van der Waals surface area contributed by atoms with Crippen LogP contribution < -0.4 is 0 Å². The van der Waals surface area contributed by atoms with E-state index in [1.54, 1.807) is 36.7 Å². The number of halogens is 2. The Bertz CT molecular complexity index is 1060. The summed E-state index contributed by atoms with van der Waals surface area (Å²) in [5.41, 5.74) is 2.64. The normalized spacial score (nSPS) is 21.4. The molecule has 0 radical (unpaired) electrons. The number of aromatic nitrogens is 2. The van der Waals surface area contributed by atoms with Crippen molar-refractivity contribution in [1.82, 2.24) is 9.97 Å². The molecule has 2 atom stereocenters. The number of aryl methyl sites for hydroxylation is 1. The second-order valence-corrected chi connectivity index (χ2v) is 8.00. The zero-order valence-electron chi connectivity index (χ0n) is 15.4. The van der Waals surface area contributed by atoms with Gasteiger partial charge in [-0.1, -0.05) is 45.0 Å². The average Bonchev–Trinajstić information content (AvgIpc) is 3.32. The standard InChI is InChI=1S/C20H17Cl2N3O3S/c1-12-2-5-17(25(26)29)14(8-12)18-11-27-20(28-18,10-19-23-6-7-24-19)15-4-3-13(21)9-16(15)22/h2-9,18H,10-11H2,1H3,(H,23,24)/t18-,20-/m0/s1. The molecule has 1 aliphatic rings. The van der Waals surface area contributed by atoms with Crippen LogP contribution in [0.5, 0.6) is 0 Å². The quantitative estimate of drug-likeness (QED) is 0.434. The van der Waals surface area contributed by atoms with E-state index in [2.05, 4.69) is 9.97 Å². The number of nitrogens with one attached hydrogen (secondary N) is 1. The van der Waals surface area contributed by atoms with Gasteiger partial charge in [-0.15, -0.1) is 0 Å². The summed E-state index contributed by atoms with van der Waals surface area (Å²) in [7, 11) is 0. The number of rotatable bonds is 5. The minimum Gasteiger partial charge on any atom is -0.605 e. The Morgan fingerprint density at radius 3 is 2.83 bits per heavy atom. The van der Waals surface area contributed by atoms with Gasteiger partial charge in [-0.25, -0.2) is 4.98 Å². The first-order chi connectivity index (χ1) is 13.9. The summed E-state index contributed by atoms with van der Waals surface area (Å²) >= 11 is 17.4. The van der Waals surface area contributed by atoms with E-state index in [1.807, 2.05) is 19.1 Å². The first-order valence-electron chi connectivity index (χ1n) is 8.88. The fraction of sp³-hybridized carbons (Fsp3) is 0.250. The van der Waals surface area contributed by atoms with Crippen molar-refractivity contribution in [2.45, 2.75) is 25.2 Å². The van der Waals surface area contributed by atoms with Crippen LogP contribution in [0.1, 0.15) is 28.6 Å². The molecule has 0 aliphatic carbocycles. The minimum atomic E-state index is -1.19. The molecule has 0 amide bonds. The Balaban J connectivity index is 1.77. The molecule has 1 aromatic heterocycles. The van der Waals surface area contributed by atoms with Crippen molar-refractivity contribution in [1.29, 1.82) is 0 Å². The molecular formula is C20H17Cl2N3O3S. The smallest absolute Gasteiger partial charge is 0.284 e. The first-order valence-corrected chi connectivity index (χ1v) is 10.0. The van der Waals surface area contributed by atoms with Gasteiger partial charge < -0.3 is 19.7 Å². The van der Waals surface area contributed by atoms with Gasteiger partial charge in [-0.2, -0.15) is 0 Å². The number of hydrogen-bond acceptors (Lipinski definition) is 5. The highest BCUT2D eigenvalue weighted by Crippen LogP contribution is 2.46. The van der Waals surface area contributed by atoms with Gasteiger partial charge in [0.05, 0.1) is 23.6 Å². The summed E-state index contributed by atoms with van der Waals surface area (Å²) < 4.78 is 13.1. The zero-order valence-corrected chi connectivity index (χ0v) is 17.7. The average molecular weight is 450 g/mol. The molecular weight excluding hydrogens is 433 g/mol. The summed E-state index contributed by atoms with van der Waals surface area (Å²) in [5, 5.41) is 12.8. The first kappa shape index (κ1) is 20.3. The zero-order chi connectivity index (χ0) is 20.6. The molecule has 1 fully saturated rings. The van der Waals surface area contributed by atoms with Gasteiger partial charge in [0.1, 0.15) is 11.9 Å². The molecule has 0 unspecified atom stereocenters. The number of H-pyrrole nitrogens is 1. The maximum atomic E-state index is 11.9. The minimum absolute atomic E-state index is 0.222. The summed E-state index contributed by atoms with van der Waals surface area (Å²) in [4.78, 5) is 7.36. The number of ether oxygens (including phenoxy) is 2. The number of benzene rings is 2. The van der Waals surface area contributed by atoms with Crippen molar-refractivity contribution in [3.8, 4) is 0 Å². The van der Waals surface area contributed by atoms with Crippen LogP contribution in [0.15, 0.2) is 48.8 Å². The summed E-state index contributed by atoms with van der Waals surface area (Å²) in [6, 6.07) is 10.6. The van der Waals surface area contributed by atoms with Gasteiger partial charge in [-0.3, -0.25) is 0 Å². The molecule has 4 rings (SSSR count). The van der Waals surface area contributed by atoms with Crippen LogP contribution in [0.25, 0.3) is 0 Å². The molecule has 3 aromatic rings. The highest BCUT2D eigenvalue weighted by Gasteiger charge is 2.47. The molecule has 0 bridgehead atoms. The van der Waals surface area contributed by atoms with Crippen LogP contribution in [-0.4, -0.2) is 20.7 Å². The van der Waals surface area contributed by atoms with Crippen molar-refractivity contribution in [2.24, 2.45) is 0 Å². The van der Waals surface area contributed by atoms with Crippen molar-refractivity contribution < 1.29 is 13.6 Å². The molecule has 6 nitrogen and oxygen atoms in total. The van der Waals surface area contributed by atoms with E-state index in [9.17, 15) is 5.21 Å². The Morgan fingerprint density at radius 2 is 2.14 bits per heavy atom. The van der Waals surface area contributed by atoms with Crippen molar-refractivity contribution in [2.75, 3.05) is 6.61 Å². The second kappa shape index (κ2) is 8.01. The number of nitrogens with zero attached hydrogens (tertiary/aromatic N) is 2. The number of aromatic amines is 1. The number of hydrogen-bond donors (Lipinski definition) is 1. The van der Waals surface area contributed by atoms with Crippen LogP contribution in [0, 0.1) is 12.1 Å². The SMILES string of the molecule is Cc1ccc([N+]([O-])=S)c([C@@H]2CO[C@](Cc3ncc[nH]3)(c3ccc(Cl)cc3Cl)O2)c1. The monoisotopic (exact) mass is 449 g/mol. The van der Waals surface area contributed by atoms with E-state index >= 15 is 0 Å². The highest BCUT2D eigenvalue weighted by atomic mass is 35.5. The molecule has 1 saturated heterocycles. The van der Waals surface area contributed by atoms with E-state index < -0.39 is 11.9 Å². The van der Waals surface area contributed by atoms with E-state index in [-0.39, 0.29) is 6.61 Å². The lowest BCUT2D eigenvalue weighted by molar-refractivity contribution is -0.326. The van der Waals surface area contributed by atoms with Crippen molar-refractivity contribution in [3.05, 3.63) is 86.6 Å². The summed E-state index contributed by atoms with van der Waals surface area (Å²) in [6.07, 6.45) is 3.17. The lowest BCUT2D eigenvalue weighted by Gasteiger charge is -2.29. The molecule has 2 heterocycles. The lowest BCUT2D eigenvalue weighted by atomic mass is 10.0. The second-order valence-electron chi connectivity index (χ2n) is 6.83. The number of imidazole rings is 1. The largest absolute Gasteiger partial charge is 0.605 e. The molecule has 29 heavy (non-hydrogen) atoms. The Kier molecular flexibility index (Phi) is 5.59. The molecule has 0 spiro atoms. The van der Waals surface area contributed by atoms with Gasteiger partial charge in [0, 0.05) is 29.0 Å². The maximum Gasteiger partial charge on any atom is 0.284 e. The van der Waals surface area contributed by atoms with Gasteiger partial charge in [-0.05, 0) is 25.1 Å². The third-order valence-electron chi connectivity index (χ3n) is 4.82. The lowest BCUT2D eigenvalue weighted by Crippen LogP contribution is -2.31. The fourth-order valence-electron chi connectivity index (χ4n) is 3.50. The van der Waals surface area contributed by atoms with Crippen LogP contribution >= 0.6 is 23.2 Å². The predicted octanol–water partition coefficient (Wildman–Crippen LogP) is 5.08. The fourth-order valence-corrected chi connectivity index (χ4v) is 4.22. The van der Waals surface area contributed by atoms with Crippen LogP contribution in [0.3, 0.4) is 0 Å². The summed E-state index contributed by atoms with van der Waals surface area (Å²) in [5.74, 6) is -0.518. The van der Waals surface area contributed by atoms with Gasteiger partial charge >= 0.3 is 0 Å². The van der Waals surface area contributed by atoms with E-state index in [0.29, 0.717) is 43.2 Å². The van der Waals surface area contributed by atoms with Gasteiger partial charge in [0.25, 0.3) is 12.4 Å². The van der Waals surface area contributed by atoms with Gasteiger partial charge in [0.15, 0.2) is 0 Å². The Hall–Kier alpha value is -2.03. The Morgan fingerprint density at radius 1 is 1.31 bits per heavy atom. The van der Waals surface area contributed by atoms with Crippen molar-refractivity contribution in [3.63, 3.8) is 0 Å².